The number of pyridine rings is 1. The van der Waals surface area contributed by atoms with Gasteiger partial charge in [0.2, 0.25) is 0 Å². The molecule has 202 valence electrons. The molecular weight excluding hydrogens is 532 g/mol. The number of hydrogen-bond donors (Lipinski definition) is 1. The summed E-state index contributed by atoms with van der Waals surface area (Å²) in [4.78, 5) is 25.2. The fourth-order valence-corrected chi connectivity index (χ4v) is 5.92. The molecule has 10 heteroatoms. The molecule has 39 heavy (non-hydrogen) atoms. The van der Waals surface area contributed by atoms with Gasteiger partial charge in [-0.15, -0.1) is 23.7 Å². The van der Waals surface area contributed by atoms with Crippen LogP contribution < -0.4 is 15.6 Å². The first-order valence-electron chi connectivity index (χ1n) is 12.7. The lowest BCUT2D eigenvalue weighted by Crippen LogP contribution is -2.37. The average Bonchev–Trinajstić information content (AvgIpc) is 3.72. The quantitative estimate of drug-likeness (QED) is 0.306. The van der Waals surface area contributed by atoms with Crippen LogP contribution >= 0.6 is 23.7 Å². The minimum atomic E-state index is 0. The zero-order valence-corrected chi connectivity index (χ0v) is 23.5. The molecule has 1 saturated heterocycles. The van der Waals surface area contributed by atoms with Crippen LogP contribution in [0.4, 0.5) is 5.69 Å². The van der Waals surface area contributed by atoms with Crippen molar-refractivity contribution in [2.24, 2.45) is 0 Å². The van der Waals surface area contributed by atoms with Gasteiger partial charge in [-0.25, -0.2) is 9.97 Å². The van der Waals surface area contributed by atoms with Gasteiger partial charge in [0.15, 0.2) is 10.6 Å². The van der Waals surface area contributed by atoms with Crippen molar-refractivity contribution in [2.75, 3.05) is 32.1 Å². The van der Waals surface area contributed by atoms with Crippen LogP contribution in [0.3, 0.4) is 0 Å². The second-order valence-corrected chi connectivity index (χ2v) is 10.5. The Hall–Kier alpha value is -3.50. The van der Waals surface area contributed by atoms with Gasteiger partial charge in [-0.05, 0) is 30.8 Å². The van der Waals surface area contributed by atoms with E-state index < -0.39 is 0 Å². The third-order valence-corrected chi connectivity index (χ3v) is 8.11. The van der Waals surface area contributed by atoms with Gasteiger partial charge in [-0.3, -0.25) is 9.36 Å². The van der Waals surface area contributed by atoms with Crippen molar-refractivity contribution in [2.45, 2.75) is 25.1 Å². The Morgan fingerprint density at radius 3 is 2.67 bits per heavy atom. The lowest BCUT2D eigenvalue weighted by molar-refractivity contribution is 0.0996. The third-order valence-electron chi connectivity index (χ3n) is 7.34. The molecule has 0 amide bonds. The maximum absolute atomic E-state index is 13.8. The van der Waals surface area contributed by atoms with Crippen molar-refractivity contribution < 1.29 is 4.74 Å². The summed E-state index contributed by atoms with van der Waals surface area (Å²) >= 11 is 1.55. The van der Waals surface area contributed by atoms with E-state index in [1.807, 2.05) is 59.7 Å². The smallest absolute Gasteiger partial charge is 0.193 e. The van der Waals surface area contributed by atoms with Gasteiger partial charge in [0.1, 0.15) is 5.82 Å². The molecule has 0 saturated carbocycles. The van der Waals surface area contributed by atoms with Gasteiger partial charge in [-0.1, -0.05) is 30.3 Å². The highest BCUT2D eigenvalue weighted by atomic mass is 35.5. The van der Waals surface area contributed by atoms with Crippen LogP contribution in [0.2, 0.25) is 0 Å². The number of likely N-dealkylation sites (N-methyl/N-ethyl adjacent to an activating group) is 1. The topological polar surface area (TPSA) is 77.2 Å². The Morgan fingerprint density at radius 2 is 1.95 bits per heavy atom. The largest absolute Gasteiger partial charge is 0.378 e. The highest BCUT2D eigenvalue weighted by molar-refractivity contribution is 7.12. The number of benzene rings is 2. The van der Waals surface area contributed by atoms with Crippen LogP contribution in [-0.4, -0.2) is 58.5 Å². The number of rotatable bonds is 8. The Kier molecular flexibility index (Phi) is 8.13. The minimum Gasteiger partial charge on any atom is -0.378 e. The first kappa shape index (κ1) is 27.1. The van der Waals surface area contributed by atoms with Crippen LogP contribution in [0.15, 0.2) is 83.5 Å². The molecule has 3 aromatic heterocycles. The molecule has 6 rings (SSSR count). The van der Waals surface area contributed by atoms with Crippen molar-refractivity contribution in [3.63, 3.8) is 0 Å². The number of thiazole rings is 1. The Labute approximate surface area is 237 Å². The number of aromatic nitrogens is 4. The summed E-state index contributed by atoms with van der Waals surface area (Å²) in [5, 5.41) is 6.81. The van der Waals surface area contributed by atoms with Crippen molar-refractivity contribution in [1.82, 2.24) is 24.4 Å². The number of nitrogens with one attached hydrogen (secondary N) is 1. The Balaban J connectivity index is 0.00000308. The zero-order chi connectivity index (χ0) is 26.1. The van der Waals surface area contributed by atoms with Gasteiger partial charge in [-0.2, -0.15) is 0 Å². The first-order chi connectivity index (χ1) is 18.6. The van der Waals surface area contributed by atoms with Crippen molar-refractivity contribution in [1.29, 1.82) is 0 Å². The van der Waals surface area contributed by atoms with E-state index in [1.54, 1.807) is 30.8 Å². The lowest BCUT2D eigenvalue weighted by atomic mass is 10.1. The molecule has 8 nitrogen and oxygen atoms in total. The van der Waals surface area contributed by atoms with E-state index in [4.69, 9.17) is 4.74 Å². The van der Waals surface area contributed by atoms with Crippen LogP contribution in [0, 0.1) is 0 Å². The number of anilines is 1. The maximum Gasteiger partial charge on any atom is 0.193 e. The molecule has 0 bridgehead atoms. The predicted molar refractivity (Wildman–Crippen MR) is 159 cm³/mol. The third kappa shape index (κ3) is 5.35. The Bertz CT molecular complexity index is 1590. The molecule has 1 fully saturated rings. The molecule has 5 aromatic rings. The monoisotopic (exact) mass is 562 g/mol. The summed E-state index contributed by atoms with van der Waals surface area (Å²) < 4.78 is 9.84. The highest BCUT2D eigenvalue weighted by Gasteiger charge is 2.32. The molecule has 0 aliphatic carbocycles. The molecule has 4 heterocycles. The van der Waals surface area contributed by atoms with Gasteiger partial charge in [0.25, 0.3) is 0 Å². The number of methoxy groups -OCH3 is 1. The molecule has 2 atom stereocenters. The number of nitrogens with zero attached hydrogens (tertiary/aromatic N) is 5. The molecular formula is C29H31ClN6O2S. The van der Waals surface area contributed by atoms with Gasteiger partial charge in [0.05, 0.1) is 17.7 Å². The second-order valence-electron chi connectivity index (χ2n) is 9.58. The van der Waals surface area contributed by atoms with Gasteiger partial charge in [0, 0.05) is 80.0 Å². The molecule has 0 spiro atoms. The van der Waals surface area contributed by atoms with E-state index in [0.717, 1.165) is 35.2 Å². The van der Waals surface area contributed by atoms with E-state index in [0.29, 0.717) is 23.9 Å². The lowest BCUT2D eigenvalue weighted by Gasteiger charge is -2.20. The molecule has 1 N–H and O–H groups in total. The van der Waals surface area contributed by atoms with Crippen molar-refractivity contribution in [3.05, 3.63) is 106 Å². The fraction of sp³-hybridized carbons (Fsp3) is 0.276. The molecule has 2 aromatic carbocycles. The summed E-state index contributed by atoms with van der Waals surface area (Å²) in [7, 11) is 3.72. The first-order valence-corrected chi connectivity index (χ1v) is 13.6. The summed E-state index contributed by atoms with van der Waals surface area (Å²) in [6.07, 6.45) is 8.05. The van der Waals surface area contributed by atoms with E-state index >= 15 is 0 Å². The number of hydrogen-bond acceptors (Lipinski definition) is 7. The van der Waals surface area contributed by atoms with Crippen LogP contribution in [0.25, 0.3) is 16.0 Å². The molecule has 1 aliphatic heterocycles. The predicted octanol–water partition coefficient (Wildman–Crippen LogP) is 4.13. The highest BCUT2D eigenvalue weighted by Crippen LogP contribution is 2.28. The number of ether oxygens (including phenoxy) is 1. The van der Waals surface area contributed by atoms with Crippen LogP contribution in [-0.2, 0) is 17.7 Å². The van der Waals surface area contributed by atoms with Gasteiger partial charge >= 0.3 is 0 Å². The molecule has 0 radical (unpaired) electrons. The van der Waals surface area contributed by atoms with Crippen LogP contribution in [0.1, 0.15) is 17.0 Å². The number of fused-ring (bicyclic) bond motifs is 1. The standard InChI is InChI=1S/C29H30N6O2S.ClH/c1-30-24-18-34(19-26(24)37-2)22-8-9-23-25(15-22)35(29-32-11-13-38-29)17-21(28(23)36)14-27-31-10-12-33(27)16-20-6-4-3-5-7-20;/h3-13,15,17,24,26,30H,14,16,18-19H2,1-2H3;1H/t24-,26-;/m0./s1. The van der Waals surface area contributed by atoms with E-state index in [1.165, 1.54) is 5.56 Å². The number of imidazole rings is 1. The average molecular weight is 563 g/mol. The Morgan fingerprint density at radius 1 is 1.10 bits per heavy atom. The van der Waals surface area contributed by atoms with Gasteiger partial charge < -0.3 is 19.5 Å². The molecule has 1 aliphatic rings. The van der Waals surface area contributed by atoms with E-state index in [-0.39, 0.29) is 30.0 Å². The minimum absolute atomic E-state index is 0. The van der Waals surface area contributed by atoms with Crippen molar-refractivity contribution in [3.8, 4) is 5.13 Å². The zero-order valence-electron chi connectivity index (χ0n) is 21.9. The SMILES string of the molecule is CN[C@H]1CN(c2ccc3c(=O)c(Cc4nccn4Cc4ccccc4)cn(-c4nccs4)c3c2)C[C@@H]1OC.Cl. The number of halogens is 1. The normalized spacial score (nSPS) is 17.0. The fourth-order valence-electron chi connectivity index (χ4n) is 5.29. The van der Waals surface area contributed by atoms with Crippen LogP contribution in [0.5, 0.6) is 0 Å². The molecule has 0 unspecified atom stereocenters. The maximum atomic E-state index is 13.8. The van der Waals surface area contributed by atoms with E-state index in [2.05, 4.69) is 43.0 Å². The summed E-state index contributed by atoms with van der Waals surface area (Å²) in [5.41, 5.74) is 3.82. The summed E-state index contributed by atoms with van der Waals surface area (Å²) in [6, 6.07) is 16.6. The second kappa shape index (κ2) is 11.7. The van der Waals surface area contributed by atoms with Crippen molar-refractivity contribution >= 4 is 40.3 Å². The summed E-state index contributed by atoms with van der Waals surface area (Å²) in [6.45, 7) is 2.33. The van der Waals surface area contributed by atoms with E-state index in [9.17, 15) is 4.79 Å². The summed E-state index contributed by atoms with van der Waals surface area (Å²) in [5.74, 6) is 0.855.